The second-order valence-corrected chi connectivity index (χ2v) is 21.9. The first-order chi connectivity index (χ1) is 29.9. The van der Waals surface area contributed by atoms with Crippen LogP contribution in [0.5, 0.6) is 0 Å². The molecule has 0 aromatic carbocycles. The van der Waals surface area contributed by atoms with Gasteiger partial charge in [0.05, 0.1) is 31.3 Å². The van der Waals surface area contributed by atoms with Crippen molar-refractivity contribution in [2.75, 3.05) is 19.8 Å². The summed E-state index contributed by atoms with van der Waals surface area (Å²) < 4.78 is 40.3. The number of hydrogen-bond donors (Lipinski definition) is 5. The van der Waals surface area contributed by atoms with Crippen molar-refractivity contribution < 1.29 is 77.9 Å². The van der Waals surface area contributed by atoms with Crippen molar-refractivity contribution in [3.8, 4) is 0 Å². The Morgan fingerprint density at radius 1 is 0.672 bits per heavy atom. The van der Waals surface area contributed by atoms with E-state index in [9.17, 15) is 39.9 Å². The molecular weight excluding hydrogens is 833 g/mol. The van der Waals surface area contributed by atoms with Crippen molar-refractivity contribution >= 4 is 23.7 Å². The molecule has 19 atom stereocenters. The molecule has 4 saturated carbocycles. The maximum atomic E-state index is 15.1. The van der Waals surface area contributed by atoms with Crippen LogP contribution in [0.3, 0.4) is 0 Å². The van der Waals surface area contributed by atoms with E-state index >= 15 is 4.79 Å². The number of esters is 3. The van der Waals surface area contributed by atoms with E-state index in [2.05, 4.69) is 41.5 Å². The summed E-state index contributed by atoms with van der Waals surface area (Å²) in [5.41, 5.74) is -1.21. The zero-order chi connectivity index (χ0) is 47.1. The molecule has 64 heavy (non-hydrogen) atoms. The second kappa shape index (κ2) is 17.5. The van der Waals surface area contributed by atoms with Crippen LogP contribution in [-0.4, -0.2) is 137 Å². The maximum absolute atomic E-state index is 15.1. The molecule has 7 aliphatic rings. The van der Waals surface area contributed by atoms with Crippen molar-refractivity contribution in [2.24, 2.45) is 50.2 Å². The third-order valence-corrected chi connectivity index (χ3v) is 18.0. The van der Waals surface area contributed by atoms with Crippen LogP contribution in [0.15, 0.2) is 11.6 Å². The van der Waals surface area contributed by atoms with Gasteiger partial charge in [-0.1, -0.05) is 47.1 Å². The van der Waals surface area contributed by atoms with Gasteiger partial charge in [0.25, 0.3) is 0 Å². The zero-order valence-electron chi connectivity index (χ0n) is 39.4. The lowest BCUT2D eigenvalue weighted by Gasteiger charge is -2.70. The Labute approximate surface area is 377 Å². The lowest BCUT2D eigenvalue weighted by molar-refractivity contribution is -0.371. The summed E-state index contributed by atoms with van der Waals surface area (Å²) in [7, 11) is 0. The van der Waals surface area contributed by atoms with Crippen LogP contribution in [-0.2, 0) is 52.3 Å². The molecule has 5 N–H and O–H groups in total. The normalized spacial score (nSPS) is 48.6. The molecule has 0 aromatic heterocycles. The summed E-state index contributed by atoms with van der Waals surface area (Å²) >= 11 is 0. The number of allylic oxidation sites excluding steroid dienone is 2. The smallest absolute Gasteiger partial charge is 0.338 e. The van der Waals surface area contributed by atoms with Crippen molar-refractivity contribution in [1.29, 1.82) is 0 Å². The first kappa shape index (κ1) is 49.4. The van der Waals surface area contributed by atoms with Gasteiger partial charge in [0.15, 0.2) is 30.6 Å². The number of carbonyl (C=O) groups is 4. The van der Waals surface area contributed by atoms with Gasteiger partial charge in [0.1, 0.15) is 36.6 Å². The molecular formula is C48H74O16. The molecule has 2 aliphatic heterocycles. The van der Waals surface area contributed by atoms with E-state index in [1.807, 2.05) is 19.9 Å². The minimum Gasteiger partial charge on any atom is -0.466 e. The molecule has 0 radical (unpaired) electrons. The van der Waals surface area contributed by atoms with Crippen LogP contribution in [0.4, 0.5) is 0 Å². The molecule has 0 unspecified atom stereocenters. The minimum atomic E-state index is -1.93. The van der Waals surface area contributed by atoms with Gasteiger partial charge in [0.2, 0.25) is 0 Å². The Hall–Kier alpha value is -2.54. The van der Waals surface area contributed by atoms with Crippen LogP contribution in [0.25, 0.3) is 0 Å². The highest BCUT2D eigenvalue weighted by atomic mass is 16.8. The Morgan fingerprint density at radius 3 is 1.86 bits per heavy atom. The summed E-state index contributed by atoms with van der Waals surface area (Å²) in [5.74, 6) is -2.27. The fourth-order valence-corrected chi connectivity index (χ4v) is 14.1. The van der Waals surface area contributed by atoms with Crippen LogP contribution >= 0.6 is 0 Å². The predicted octanol–water partition coefficient (Wildman–Crippen LogP) is 3.68. The van der Waals surface area contributed by atoms with E-state index in [0.717, 1.165) is 38.5 Å². The SMILES string of the molecule is CCOC(=O)[C@H]1O[C@@H](O[C@H]2[C@@H](O[C@H]3CC[C@]4(C)[C@H]5C(=O)C=C6[C@@H]7C[C@@](C)(C(=O)OCC)CC[C@]7(C)CC[C@@]6(C)[C@]5(C)CC[C@H]4C3(C)C)O[C@H](C(=O)OCC)[C@@H](O)[C@@H]2O)[C@H](O)[C@@H](O)[C@@H]1O. The number of fused-ring (bicyclic) bond motifs is 7. The third-order valence-electron chi connectivity index (χ3n) is 18.0. The highest BCUT2D eigenvalue weighted by Gasteiger charge is 2.71. The van der Waals surface area contributed by atoms with E-state index in [1.54, 1.807) is 13.8 Å². The van der Waals surface area contributed by atoms with Gasteiger partial charge in [-0.25, -0.2) is 9.59 Å². The van der Waals surface area contributed by atoms with Crippen LogP contribution in [0.1, 0.15) is 127 Å². The van der Waals surface area contributed by atoms with Gasteiger partial charge >= 0.3 is 17.9 Å². The number of ketones is 1. The van der Waals surface area contributed by atoms with Gasteiger partial charge in [-0.15, -0.1) is 0 Å². The molecule has 2 heterocycles. The predicted molar refractivity (Wildman–Crippen MR) is 226 cm³/mol. The Bertz CT molecular complexity index is 1830. The van der Waals surface area contributed by atoms with Crippen LogP contribution in [0, 0.1) is 50.2 Å². The highest BCUT2D eigenvalue weighted by molar-refractivity contribution is 5.95. The average molecular weight is 907 g/mol. The standard InChI is InChI=1S/C48H74O16/c1-11-58-38(55)34-30(51)29(50)33(54)40(62-34)64-36-32(53)31(52)35(39(56)59-12-2)63-41(36)61-28-15-16-46(8)27(43(28,4)5)14-17-48(10)37(46)26(49)22-24-25-23-45(7,42(57)60-13-3)19-18-44(25,6)20-21-47(24,48)9/h22,25,27-37,40-41,50-54H,11-21,23H2,1-10H3/t25-,27-,28-,29-,30-,31-,32-,33+,34-,35-,36+,37+,40-,41-,44+,45-,46-,47+,48+/m0/s1. The lowest BCUT2D eigenvalue weighted by Crippen LogP contribution is -2.68. The average Bonchev–Trinajstić information content (AvgIpc) is 3.22. The van der Waals surface area contributed by atoms with Gasteiger partial charge in [-0.2, -0.15) is 0 Å². The Balaban J connectivity index is 1.17. The molecule has 6 fully saturated rings. The fourth-order valence-electron chi connectivity index (χ4n) is 14.1. The van der Waals surface area contributed by atoms with E-state index in [4.69, 9.17) is 33.2 Å². The van der Waals surface area contributed by atoms with Crippen molar-refractivity contribution in [2.45, 2.75) is 195 Å². The van der Waals surface area contributed by atoms with Gasteiger partial charge < -0.3 is 58.7 Å². The van der Waals surface area contributed by atoms with Gasteiger partial charge in [0, 0.05) is 5.92 Å². The third kappa shape index (κ3) is 7.70. The van der Waals surface area contributed by atoms with Crippen LogP contribution < -0.4 is 0 Å². The molecule has 0 aromatic rings. The molecule has 5 aliphatic carbocycles. The van der Waals surface area contributed by atoms with E-state index in [-0.39, 0.29) is 59.0 Å². The van der Waals surface area contributed by atoms with Crippen molar-refractivity contribution in [3.05, 3.63) is 11.6 Å². The summed E-state index contributed by atoms with van der Waals surface area (Å²) in [4.78, 5) is 54.3. The van der Waals surface area contributed by atoms with Crippen LogP contribution in [0.2, 0.25) is 0 Å². The van der Waals surface area contributed by atoms with E-state index < -0.39 is 95.7 Å². The molecule has 7 rings (SSSR count). The topological polar surface area (TPSA) is 234 Å². The minimum absolute atomic E-state index is 0.0250. The molecule has 0 bridgehead atoms. The fraction of sp³-hybridized carbons (Fsp3) is 0.875. The quantitative estimate of drug-likeness (QED) is 0.120. The molecule has 16 heteroatoms. The second-order valence-electron chi connectivity index (χ2n) is 21.9. The van der Waals surface area contributed by atoms with E-state index in [0.29, 0.717) is 25.9 Å². The zero-order valence-corrected chi connectivity index (χ0v) is 39.4. The largest absolute Gasteiger partial charge is 0.466 e. The summed E-state index contributed by atoms with van der Waals surface area (Å²) in [6.07, 6.45) is -9.83. The van der Waals surface area contributed by atoms with Crippen molar-refractivity contribution in [1.82, 2.24) is 0 Å². The number of carbonyl (C=O) groups excluding carboxylic acids is 4. The molecule has 0 spiro atoms. The Morgan fingerprint density at radius 2 is 1.25 bits per heavy atom. The summed E-state index contributed by atoms with van der Waals surface area (Å²) in [6.45, 7) is 20.6. The number of ether oxygens (including phenoxy) is 7. The monoisotopic (exact) mass is 906 g/mol. The molecule has 362 valence electrons. The highest BCUT2D eigenvalue weighted by Crippen LogP contribution is 2.75. The number of hydrogen-bond acceptors (Lipinski definition) is 16. The Kier molecular flexibility index (Phi) is 13.5. The first-order valence-electron chi connectivity index (χ1n) is 23.7. The molecule has 2 saturated heterocycles. The van der Waals surface area contributed by atoms with E-state index in [1.165, 1.54) is 5.57 Å². The molecule has 0 amide bonds. The maximum Gasteiger partial charge on any atom is 0.338 e. The number of rotatable bonds is 10. The number of aliphatic hydroxyl groups is 5. The lowest BCUT2D eigenvalue weighted by atomic mass is 9.33. The first-order valence-corrected chi connectivity index (χ1v) is 23.7. The summed E-state index contributed by atoms with van der Waals surface area (Å²) in [6, 6.07) is 0. The van der Waals surface area contributed by atoms with Gasteiger partial charge in [-0.05, 0) is 130 Å². The molecule has 16 nitrogen and oxygen atoms in total. The van der Waals surface area contributed by atoms with Crippen molar-refractivity contribution in [3.63, 3.8) is 0 Å². The van der Waals surface area contributed by atoms with Gasteiger partial charge in [-0.3, -0.25) is 9.59 Å². The summed E-state index contributed by atoms with van der Waals surface area (Å²) in [5, 5.41) is 55.1. The number of aliphatic hydroxyl groups excluding tert-OH is 5.